The SMILES string of the molecule is CC(Cl)CCN(C)C(=O)C1COCCO1. The smallest absolute Gasteiger partial charge is 0.253 e. The second kappa shape index (κ2) is 6.30. The fraction of sp³-hybridized carbons (Fsp3) is 0.900. The molecule has 1 heterocycles. The van der Waals surface area contributed by atoms with Gasteiger partial charge in [-0.25, -0.2) is 0 Å². The van der Waals surface area contributed by atoms with E-state index in [1.807, 2.05) is 6.92 Å². The molecule has 15 heavy (non-hydrogen) atoms. The molecule has 0 aromatic heterocycles. The lowest BCUT2D eigenvalue weighted by molar-refractivity contribution is -0.156. The molecule has 2 atom stereocenters. The Morgan fingerprint density at radius 3 is 2.87 bits per heavy atom. The van der Waals surface area contributed by atoms with Crippen LogP contribution in [0.5, 0.6) is 0 Å². The van der Waals surface area contributed by atoms with E-state index in [1.165, 1.54) is 0 Å². The van der Waals surface area contributed by atoms with E-state index in [0.717, 1.165) is 6.42 Å². The highest BCUT2D eigenvalue weighted by Gasteiger charge is 2.25. The Bertz CT molecular complexity index is 205. The highest BCUT2D eigenvalue weighted by Crippen LogP contribution is 2.06. The van der Waals surface area contributed by atoms with Crippen LogP contribution in [0.15, 0.2) is 0 Å². The topological polar surface area (TPSA) is 38.8 Å². The van der Waals surface area contributed by atoms with E-state index in [2.05, 4.69) is 0 Å². The van der Waals surface area contributed by atoms with Gasteiger partial charge < -0.3 is 14.4 Å². The zero-order chi connectivity index (χ0) is 11.3. The highest BCUT2D eigenvalue weighted by molar-refractivity contribution is 6.20. The average molecular weight is 236 g/mol. The summed E-state index contributed by atoms with van der Waals surface area (Å²) in [5, 5.41) is 0.0868. The molecule has 0 saturated carbocycles. The van der Waals surface area contributed by atoms with Crippen LogP contribution in [0.3, 0.4) is 0 Å². The number of hydrogen-bond donors (Lipinski definition) is 0. The minimum absolute atomic E-state index is 0.0213. The summed E-state index contributed by atoms with van der Waals surface area (Å²) in [6.07, 6.45) is 0.353. The van der Waals surface area contributed by atoms with E-state index in [4.69, 9.17) is 21.1 Å². The van der Waals surface area contributed by atoms with Gasteiger partial charge in [0.25, 0.3) is 5.91 Å². The van der Waals surface area contributed by atoms with Crippen LogP contribution in [-0.2, 0) is 14.3 Å². The maximum absolute atomic E-state index is 11.8. The molecule has 88 valence electrons. The standard InChI is InChI=1S/C10H18ClNO3/c1-8(11)3-4-12(2)10(13)9-7-14-5-6-15-9/h8-9H,3-7H2,1-2H3. The molecule has 0 spiro atoms. The number of hydrogen-bond acceptors (Lipinski definition) is 3. The molecule has 1 aliphatic heterocycles. The summed E-state index contributed by atoms with van der Waals surface area (Å²) in [4.78, 5) is 13.4. The lowest BCUT2D eigenvalue weighted by Crippen LogP contribution is -2.44. The van der Waals surface area contributed by atoms with Crippen molar-refractivity contribution in [3.8, 4) is 0 Å². The number of halogens is 1. The van der Waals surface area contributed by atoms with Crippen molar-refractivity contribution in [3.05, 3.63) is 0 Å². The molecule has 0 N–H and O–H groups in total. The lowest BCUT2D eigenvalue weighted by Gasteiger charge is -2.27. The van der Waals surface area contributed by atoms with Gasteiger partial charge in [0.2, 0.25) is 0 Å². The largest absolute Gasteiger partial charge is 0.376 e. The van der Waals surface area contributed by atoms with Crippen LogP contribution in [0.4, 0.5) is 0 Å². The Balaban J connectivity index is 2.30. The van der Waals surface area contributed by atoms with Crippen LogP contribution in [-0.4, -0.2) is 55.7 Å². The second-order valence-corrected chi connectivity index (χ2v) is 4.51. The number of ether oxygens (including phenoxy) is 2. The van der Waals surface area contributed by atoms with Gasteiger partial charge in [-0.05, 0) is 13.3 Å². The van der Waals surface area contributed by atoms with Crippen LogP contribution in [0.25, 0.3) is 0 Å². The predicted octanol–water partition coefficient (Wildman–Crippen LogP) is 0.878. The van der Waals surface area contributed by atoms with Gasteiger partial charge >= 0.3 is 0 Å². The fourth-order valence-corrected chi connectivity index (χ4v) is 1.46. The van der Waals surface area contributed by atoms with E-state index < -0.39 is 6.10 Å². The number of likely N-dealkylation sites (N-methyl/N-ethyl adjacent to an activating group) is 1. The average Bonchev–Trinajstić information content (AvgIpc) is 2.26. The predicted molar refractivity (Wildman–Crippen MR) is 58.1 cm³/mol. The minimum atomic E-state index is -0.436. The van der Waals surface area contributed by atoms with Gasteiger partial charge in [-0.3, -0.25) is 4.79 Å². The summed E-state index contributed by atoms with van der Waals surface area (Å²) in [5.74, 6) is -0.0213. The molecule has 5 heteroatoms. The van der Waals surface area contributed by atoms with Crippen LogP contribution in [0.1, 0.15) is 13.3 Å². The van der Waals surface area contributed by atoms with E-state index in [-0.39, 0.29) is 11.3 Å². The third-order valence-corrected chi connectivity index (χ3v) is 2.55. The van der Waals surface area contributed by atoms with Crippen molar-refractivity contribution < 1.29 is 14.3 Å². The molecule has 0 aromatic rings. The van der Waals surface area contributed by atoms with Crippen molar-refractivity contribution in [2.75, 3.05) is 33.4 Å². The Labute approximate surface area is 95.5 Å². The molecule has 1 rings (SSSR count). The third kappa shape index (κ3) is 4.36. The number of amides is 1. The molecule has 1 amide bonds. The number of rotatable bonds is 4. The zero-order valence-electron chi connectivity index (χ0n) is 9.24. The molecule has 0 aliphatic carbocycles. The number of alkyl halides is 1. The van der Waals surface area contributed by atoms with Gasteiger partial charge in [-0.1, -0.05) is 0 Å². The first-order valence-electron chi connectivity index (χ1n) is 5.19. The van der Waals surface area contributed by atoms with Crippen LogP contribution < -0.4 is 0 Å². The molecule has 0 radical (unpaired) electrons. The Morgan fingerprint density at radius 1 is 1.60 bits per heavy atom. The monoisotopic (exact) mass is 235 g/mol. The minimum Gasteiger partial charge on any atom is -0.376 e. The quantitative estimate of drug-likeness (QED) is 0.679. The summed E-state index contributed by atoms with van der Waals surface area (Å²) < 4.78 is 10.5. The van der Waals surface area contributed by atoms with Crippen molar-refractivity contribution >= 4 is 17.5 Å². The first kappa shape index (κ1) is 12.7. The molecule has 4 nitrogen and oxygen atoms in total. The van der Waals surface area contributed by atoms with Crippen LogP contribution in [0.2, 0.25) is 0 Å². The normalized spacial score (nSPS) is 23.5. The first-order chi connectivity index (χ1) is 7.11. The summed E-state index contributed by atoms with van der Waals surface area (Å²) in [7, 11) is 1.76. The van der Waals surface area contributed by atoms with E-state index in [9.17, 15) is 4.79 Å². The summed E-state index contributed by atoms with van der Waals surface area (Å²) in [5.41, 5.74) is 0. The van der Waals surface area contributed by atoms with Crippen LogP contribution in [0, 0.1) is 0 Å². The molecular weight excluding hydrogens is 218 g/mol. The van der Waals surface area contributed by atoms with Gasteiger partial charge in [0.15, 0.2) is 6.10 Å². The zero-order valence-corrected chi connectivity index (χ0v) is 10.00. The number of carbonyl (C=O) groups is 1. The molecule has 1 saturated heterocycles. The van der Waals surface area contributed by atoms with Crippen molar-refractivity contribution in [2.45, 2.75) is 24.8 Å². The van der Waals surface area contributed by atoms with E-state index >= 15 is 0 Å². The van der Waals surface area contributed by atoms with Crippen LogP contribution >= 0.6 is 11.6 Å². The summed E-state index contributed by atoms with van der Waals surface area (Å²) >= 11 is 5.82. The molecule has 1 fully saturated rings. The molecule has 1 aliphatic rings. The fourth-order valence-electron chi connectivity index (χ4n) is 1.36. The van der Waals surface area contributed by atoms with Gasteiger partial charge in [0.05, 0.1) is 19.8 Å². The number of carbonyl (C=O) groups excluding carboxylic acids is 1. The van der Waals surface area contributed by atoms with E-state index in [1.54, 1.807) is 11.9 Å². The maximum atomic E-state index is 11.8. The van der Waals surface area contributed by atoms with E-state index in [0.29, 0.717) is 26.4 Å². The first-order valence-corrected chi connectivity index (χ1v) is 5.63. The molecule has 0 bridgehead atoms. The van der Waals surface area contributed by atoms with Crippen molar-refractivity contribution in [3.63, 3.8) is 0 Å². The molecular formula is C10H18ClNO3. The van der Waals surface area contributed by atoms with Crippen molar-refractivity contribution in [1.82, 2.24) is 4.90 Å². The molecule has 2 unspecified atom stereocenters. The van der Waals surface area contributed by atoms with Gasteiger partial charge in [-0.15, -0.1) is 11.6 Å². The van der Waals surface area contributed by atoms with Crippen molar-refractivity contribution in [2.24, 2.45) is 0 Å². The second-order valence-electron chi connectivity index (χ2n) is 3.76. The summed E-state index contributed by atoms with van der Waals surface area (Å²) in [6, 6.07) is 0. The Morgan fingerprint density at radius 2 is 2.33 bits per heavy atom. The lowest BCUT2D eigenvalue weighted by atomic mass is 10.2. The van der Waals surface area contributed by atoms with Gasteiger partial charge in [0, 0.05) is 19.0 Å². The summed E-state index contributed by atoms with van der Waals surface area (Å²) in [6.45, 7) is 4.01. The number of nitrogens with zero attached hydrogens (tertiary/aromatic N) is 1. The maximum Gasteiger partial charge on any atom is 0.253 e. The molecule has 0 aromatic carbocycles. The third-order valence-electron chi connectivity index (χ3n) is 2.33. The highest BCUT2D eigenvalue weighted by atomic mass is 35.5. The van der Waals surface area contributed by atoms with Gasteiger partial charge in [0.1, 0.15) is 0 Å². The van der Waals surface area contributed by atoms with Crippen molar-refractivity contribution in [1.29, 1.82) is 0 Å². The Hall–Kier alpha value is -0.320. The van der Waals surface area contributed by atoms with Gasteiger partial charge in [-0.2, -0.15) is 0 Å². The Kier molecular flexibility index (Phi) is 5.36.